The first kappa shape index (κ1) is 14.9. The van der Waals surface area contributed by atoms with Crippen molar-refractivity contribution in [2.75, 3.05) is 20.2 Å². The number of likely N-dealkylation sites (N-methyl/N-ethyl adjacent to an activating group) is 1. The van der Waals surface area contributed by atoms with E-state index in [1.54, 1.807) is 7.11 Å². The molecule has 0 spiro atoms. The van der Waals surface area contributed by atoms with Gasteiger partial charge in [-0.25, -0.2) is 0 Å². The second kappa shape index (κ2) is 6.37. The van der Waals surface area contributed by atoms with Crippen molar-refractivity contribution >= 4 is 0 Å². The van der Waals surface area contributed by atoms with Crippen molar-refractivity contribution in [3.63, 3.8) is 0 Å². The molecule has 0 saturated heterocycles. The number of rotatable bonds is 5. The Balaban J connectivity index is 1.75. The molecule has 2 atom stereocenters. The quantitative estimate of drug-likeness (QED) is 0.904. The van der Waals surface area contributed by atoms with E-state index < -0.39 is 0 Å². The van der Waals surface area contributed by atoms with Gasteiger partial charge in [0, 0.05) is 12.6 Å². The third-order valence-corrected chi connectivity index (χ3v) is 5.34. The molecule has 3 rings (SSSR count). The zero-order valence-corrected chi connectivity index (χ0v) is 13.2. The Morgan fingerprint density at radius 1 is 1.29 bits per heavy atom. The number of hydrogen-bond acceptors (Lipinski definition) is 3. The summed E-state index contributed by atoms with van der Waals surface area (Å²) in [6.45, 7) is 4.41. The number of fused-ring (bicyclic) bond motifs is 1. The zero-order chi connectivity index (χ0) is 14.8. The maximum absolute atomic E-state index is 10.8. The fourth-order valence-electron chi connectivity index (χ4n) is 3.77. The molecular formula is C18H27NO2. The van der Waals surface area contributed by atoms with Crippen molar-refractivity contribution < 1.29 is 9.84 Å². The molecule has 0 heterocycles. The molecule has 3 nitrogen and oxygen atoms in total. The van der Waals surface area contributed by atoms with E-state index in [0.717, 1.165) is 43.2 Å². The molecule has 1 fully saturated rings. The van der Waals surface area contributed by atoms with Crippen LogP contribution in [0.3, 0.4) is 0 Å². The topological polar surface area (TPSA) is 32.7 Å². The van der Waals surface area contributed by atoms with Crippen LogP contribution < -0.4 is 4.74 Å². The van der Waals surface area contributed by atoms with E-state index in [-0.39, 0.29) is 12.1 Å². The van der Waals surface area contributed by atoms with Gasteiger partial charge in [0.15, 0.2) is 0 Å². The molecule has 2 unspecified atom stereocenters. The minimum atomic E-state index is -0.361. The van der Waals surface area contributed by atoms with Crippen LogP contribution >= 0.6 is 0 Å². The number of aliphatic hydroxyl groups excluding tert-OH is 1. The van der Waals surface area contributed by atoms with E-state index in [0.29, 0.717) is 0 Å². The van der Waals surface area contributed by atoms with Crippen LogP contribution in [0.4, 0.5) is 0 Å². The Morgan fingerprint density at radius 3 is 2.71 bits per heavy atom. The highest BCUT2D eigenvalue weighted by molar-refractivity contribution is 5.39. The Bertz CT molecular complexity index is 484. The van der Waals surface area contributed by atoms with Gasteiger partial charge >= 0.3 is 0 Å². The van der Waals surface area contributed by atoms with Crippen LogP contribution in [0.15, 0.2) is 18.2 Å². The van der Waals surface area contributed by atoms with Crippen LogP contribution in [0, 0.1) is 5.92 Å². The maximum Gasteiger partial charge on any atom is 0.119 e. The molecule has 0 bridgehead atoms. The number of aliphatic hydroxyl groups is 1. The highest BCUT2D eigenvalue weighted by atomic mass is 16.5. The molecule has 116 valence electrons. The zero-order valence-electron chi connectivity index (χ0n) is 13.2. The molecule has 2 aliphatic rings. The number of aryl methyl sites for hydroxylation is 1. The van der Waals surface area contributed by atoms with E-state index in [1.165, 1.54) is 24.8 Å². The molecule has 1 saturated carbocycles. The number of nitrogens with zero attached hydrogens (tertiary/aromatic N) is 1. The first-order valence-electron chi connectivity index (χ1n) is 8.31. The van der Waals surface area contributed by atoms with E-state index in [4.69, 9.17) is 4.74 Å². The van der Waals surface area contributed by atoms with E-state index in [1.807, 2.05) is 12.1 Å². The first-order chi connectivity index (χ1) is 10.2. The molecule has 0 aliphatic heterocycles. The fraction of sp³-hybridized carbons (Fsp3) is 0.667. The monoisotopic (exact) mass is 289 g/mol. The van der Waals surface area contributed by atoms with Crippen molar-refractivity contribution in [2.45, 2.75) is 51.2 Å². The second-order valence-corrected chi connectivity index (χ2v) is 6.50. The smallest absolute Gasteiger partial charge is 0.119 e. The largest absolute Gasteiger partial charge is 0.497 e. The Labute approximate surface area is 127 Å². The van der Waals surface area contributed by atoms with Crippen LogP contribution in [0.25, 0.3) is 0 Å². The molecule has 1 aromatic carbocycles. The molecule has 0 radical (unpaired) electrons. The van der Waals surface area contributed by atoms with E-state index >= 15 is 0 Å². The molecule has 21 heavy (non-hydrogen) atoms. The lowest BCUT2D eigenvalue weighted by atomic mass is 9.82. The van der Waals surface area contributed by atoms with Gasteiger partial charge in [0.2, 0.25) is 0 Å². The number of methoxy groups -OCH3 is 1. The fourth-order valence-corrected chi connectivity index (χ4v) is 3.77. The summed E-state index contributed by atoms with van der Waals surface area (Å²) in [6.07, 6.45) is 5.84. The number of ether oxygens (including phenoxy) is 1. The molecule has 0 amide bonds. The standard InChI is InChI=1S/C18H27NO2/c1-3-19(12-13-5-4-6-13)17-10-7-14-11-15(21-2)8-9-16(14)18(17)20/h8-9,11,13,17-18,20H,3-7,10,12H2,1-2H3. The van der Waals surface area contributed by atoms with E-state index in [2.05, 4.69) is 17.9 Å². The minimum Gasteiger partial charge on any atom is -0.497 e. The van der Waals surface area contributed by atoms with Crippen LogP contribution in [0.1, 0.15) is 49.8 Å². The summed E-state index contributed by atoms with van der Waals surface area (Å²) < 4.78 is 5.29. The van der Waals surface area contributed by atoms with Crippen molar-refractivity contribution in [3.8, 4) is 5.75 Å². The molecular weight excluding hydrogens is 262 g/mol. The van der Waals surface area contributed by atoms with Gasteiger partial charge in [-0.1, -0.05) is 19.4 Å². The average molecular weight is 289 g/mol. The summed E-state index contributed by atoms with van der Waals surface area (Å²) in [5, 5.41) is 10.8. The molecule has 1 N–H and O–H groups in total. The van der Waals surface area contributed by atoms with Gasteiger partial charge in [0.05, 0.1) is 13.2 Å². The number of hydrogen-bond donors (Lipinski definition) is 1. The normalized spacial score (nSPS) is 25.5. The summed E-state index contributed by atoms with van der Waals surface area (Å²) in [5.41, 5.74) is 2.34. The maximum atomic E-state index is 10.8. The van der Waals surface area contributed by atoms with Crippen LogP contribution in [-0.2, 0) is 6.42 Å². The van der Waals surface area contributed by atoms with Crippen molar-refractivity contribution in [3.05, 3.63) is 29.3 Å². The van der Waals surface area contributed by atoms with Gasteiger partial charge in [-0.2, -0.15) is 0 Å². The average Bonchev–Trinajstić information content (AvgIpc) is 2.47. The van der Waals surface area contributed by atoms with Crippen molar-refractivity contribution in [1.29, 1.82) is 0 Å². The first-order valence-corrected chi connectivity index (χ1v) is 8.31. The van der Waals surface area contributed by atoms with Gasteiger partial charge in [-0.15, -0.1) is 0 Å². The predicted octanol–water partition coefficient (Wildman–Crippen LogP) is 3.17. The Hall–Kier alpha value is -1.06. The predicted molar refractivity (Wildman–Crippen MR) is 84.7 cm³/mol. The summed E-state index contributed by atoms with van der Waals surface area (Å²) in [7, 11) is 1.70. The molecule has 2 aliphatic carbocycles. The molecule has 1 aromatic rings. The summed E-state index contributed by atoms with van der Waals surface area (Å²) in [6, 6.07) is 6.36. The van der Waals surface area contributed by atoms with Crippen LogP contribution in [0.5, 0.6) is 5.75 Å². The lowest BCUT2D eigenvalue weighted by Gasteiger charge is -2.41. The summed E-state index contributed by atoms with van der Waals surface area (Å²) in [5.74, 6) is 1.75. The van der Waals surface area contributed by atoms with Crippen LogP contribution in [0.2, 0.25) is 0 Å². The van der Waals surface area contributed by atoms with Crippen LogP contribution in [-0.4, -0.2) is 36.2 Å². The third-order valence-electron chi connectivity index (χ3n) is 5.34. The molecule has 3 heteroatoms. The summed E-state index contributed by atoms with van der Waals surface area (Å²) >= 11 is 0. The van der Waals surface area contributed by atoms with Gasteiger partial charge in [0.1, 0.15) is 5.75 Å². The van der Waals surface area contributed by atoms with E-state index in [9.17, 15) is 5.11 Å². The minimum absolute atomic E-state index is 0.275. The third kappa shape index (κ3) is 2.95. The Morgan fingerprint density at radius 2 is 2.10 bits per heavy atom. The Kier molecular flexibility index (Phi) is 4.51. The van der Waals surface area contributed by atoms with Gasteiger partial charge < -0.3 is 9.84 Å². The lowest BCUT2D eigenvalue weighted by molar-refractivity contribution is 0.0228. The van der Waals surface area contributed by atoms with Gasteiger partial charge in [-0.05, 0) is 61.4 Å². The highest BCUT2D eigenvalue weighted by Gasteiger charge is 2.33. The van der Waals surface area contributed by atoms with Gasteiger partial charge in [0.25, 0.3) is 0 Å². The SMILES string of the molecule is CCN(CC1CCC1)C1CCc2cc(OC)ccc2C1O. The van der Waals surface area contributed by atoms with Crippen molar-refractivity contribution in [1.82, 2.24) is 4.90 Å². The number of benzene rings is 1. The van der Waals surface area contributed by atoms with Gasteiger partial charge in [-0.3, -0.25) is 4.90 Å². The summed E-state index contributed by atoms with van der Waals surface area (Å²) in [4.78, 5) is 2.50. The lowest BCUT2D eigenvalue weighted by Crippen LogP contribution is -2.45. The highest BCUT2D eigenvalue weighted by Crippen LogP contribution is 2.36. The molecule has 0 aromatic heterocycles. The second-order valence-electron chi connectivity index (χ2n) is 6.50. The van der Waals surface area contributed by atoms with Crippen molar-refractivity contribution in [2.24, 2.45) is 5.92 Å².